The molecule has 1 aliphatic carbocycles. The first-order valence-corrected chi connectivity index (χ1v) is 5.05. The molecule has 0 amide bonds. The van der Waals surface area contributed by atoms with Gasteiger partial charge in [-0.25, -0.2) is 0 Å². The van der Waals surface area contributed by atoms with E-state index in [1.807, 2.05) is 30.3 Å². The maximum absolute atomic E-state index is 5.88. The van der Waals surface area contributed by atoms with Crippen molar-refractivity contribution < 1.29 is 0 Å². The summed E-state index contributed by atoms with van der Waals surface area (Å²) < 4.78 is 0. The van der Waals surface area contributed by atoms with Crippen LogP contribution in [0.3, 0.4) is 0 Å². The van der Waals surface area contributed by atoms with Gasteiger partial charge in [0.05, 0.1) is 0 Å². The molecule has 0 heterocycles. The first-order chi connectivity index (χ1) is 6.70. The summed E-state index contributed by atoms with van der Waals surface area (Å²) in [6.45, 7) is 3.13. The van der Waals surface area contributed by atoms with Crippen molar-refractivity contribution in [3.63, 3.8) is 0 Å². The lowest BCUT2D eigenvalue weighted by Crippen LogP contribution is -2.15. The minimum absolute atomic E-state index is 0.444. The third kappa shape index (κ3) is 2.13. The van der Waals surface area contributed by atoms with Crippen molar-refractivity contribution in [2.45, 2.75) is 19.8 Å². The van der Waals surface area contributed by atoms with Crippen molar-refractivity contribution in [3.8, 4) is 0 Å². The number of rotatable bonds is 3. The fraction of sp³-hybridized carbons (Fsp3) is 0.417. The maximum Gasteiger partial charge on any atom is 0.125 e. The van der Waals surface area contributed by atoms with Crippen LogP contribution in [0.15, 0.2) is 35.3 Å². The van der Waals surface area contributed by atoms with Crippen LogP contribution in [-0.2, 0) is 0 Å². The predicted octanol–water partition coefficient (Wildman–Crippen LogP) is 2.19. The van der Waals surface area contributed by atoms with E-state index in [2.05, 4.69) is 11.9 Å². The zero-order valence-electron chi connectivity index (χ0n) is 8.53. The molecule has 74 valence electrons. The number of aliphatic imine (C=N–C) groups is 1. The van der Waals surface area contributed by atoms with Gasteiger partial charge in [-0.15, -0.1) is 0 Å². The standard InChI is InChI=1S/C12H16N2/c1-12(7-8-12)9-14-11(13)10-5-3-2-4-6-10/h2-6H,7-9H2,1H3,(H2,13,14). The largest absolute Gasteiger partial charge is 0.384 e. The minimum Gasteiger partial charge on any atom is -0.384 e. The van der Waals surface area contributed by atoms with Crippen LogP contribution >= 0.6 is 0 Å². The van der Waals surface area contributed by atoms with Gasteiger partial charge in [0.15, 0.2) is 0 Å². The lowest BCUT2D eigenvalue weighted by molar-refractivity contribution is 0.590. The summed E-state index contributed by atoms with van der Waals surface area (Å²) in [6.07, 6.45) is 2.58. The number of benzene rings is 1. The second-order valence-electron chi connectivity index (χ2n) is 4.38. The van der Waals surface area contributed by atoms with Gasteiger partial charge in [0.25, 0.3) is 0 Å². The molecule has 1 aromatic carbocycles. The molecule has 2 N–H and O–H groups in total. The van der Waals surface area contributed by atoms with Crippen LogP contribution in [0, 0.1) is 5.41 Å². The van der Waals surface area contributed by atoms with Crippen LogP contribution in [0.4, 0.5) is 0 Å². The van der Waals surface area contributed by atoms with Gasteiger partial charge >= 0.3 is 0 Å². The number of nitrogens with two attached hydrogens (primary N) is 1. The van der Waals surface area contributed by atoms with Gasteiger partial charge in [-0.05, 0) is 18.3 Å². The first kappa shape index (κ1) is 9.25. The highest BCUT2D eigenvalue weighted by atomic mass is 14.9. The van der Waals surface area contributed by atoms with E-state index in [-0.39, 0.29) is 0 Å². The molecule has 0 radical (unpaired) electrons. The topological polar surface area (TPSA) is 38.4 Å². The van der Waals surface area contributed by atoms with Crippen LogP contribution in [0.5, 0.6) is 0 Å². The van der Waals surface area contributed by atoms with Gasteiger partial charge in [-0.3, -0.25) is 4.99 Å². The normalized spacial score (nSPS) is 19.4. The highest BCUT2D eigenvalue weighted by Crippen LogP contribution is 2.44. The van der Waals surface area contributed by atoms with Crippen molar-refractivity contribution in [2.24, 2.45) is 16.1 Å². The summed E-state index contributed by atoms with van der Waals surface area (Å²) in [4.78, 5) is 4.42. The molecule has 2 rings (SSSR count). The third-order valence-electron chi connectivity index (χ3n) is 2.80. The summed E-state index contributed by atoms with van der Waals surface area (Å²) in [5.74, 6) is 0.665. The van der Waals surface area contributed by atoms with Crippen molar-refractivity contribution in [1.82, 2.24) is 0 Å². The van der Waals surface area contributed by atoms with Crippen LogP contribution in [0.1, 0.15) is 25.3 Å². The summed E-state index contributed by atoms with van der Waals surface area (Å²) in [5.41, 5.74) is 7.35. The molecule has 1 aromatic rings. The highest BCUT2D eigenvalue weighted by Gasteiger charge is 2.36. The Labute approximate surface area is 84.9 Å². The van der Waals surface area contributed by atoms with Crippen molar-refractivity contribution in [3.05, 3.63) is 35.9 Å². The fourth-order valence-corrected chi connectivity index (χ4v) is 1.35. The van der Waals surface area contributed by atoms with E-state index in [9.17, 15) is 0 Å². The molecule has 2 nitrogen and oxygen atoms in total. The Morgan fingerprint density at radius 2 is 2.00 bits per heavy atom. The smallest absolute Gasteiger partial charge is 0.125 e. The molecule has 0 atom stereocenters. The van der Waals surface area contributed by atoms with Gasteiger partial charge in [-0.1, -0.05) is 37.3 Å². The number of hydrogen-bond acceptors (Lipinski definition) is 1. The molecule has 0 unspecified atom stereocenters. The summed E-state index contributed by atoms with van der Waals surface area (Å²) in [6, 6.07) is 9.94. The summed E-state index contributed by atoms with van der Waals surface area (Å²) in [7, 11) is 0. The van der Waals surface area contributed by atoms with E-state index >= 15 is 0 Å². The Morgan fingerprint density at radius 1 is 1.36 bits per heavy atom. The van der Waals surface area contributed by atoms with E-state index in [1.165, 1.54) is 12.8 Å². The molecule has 0 bridgehead atoms. The molecule has 0 aliphatic heterocycles. The monoisotopic (exact) mass is 188 g/mol. The molecular formula is C12H16N2. The van der Waals surface area contributed by atoms with Gasteiger partial charge in [-0.2, -0.15) is 0 Å². The maximum atomic E-state index is 5.88. The minimum atomic E-state index is 0.444. The average Bonchev–Trinajstić information content (AvgIpc) is 2.95. The first-order valence-electron chi connectivity index (χ1n) is 5.05. The number of amidine groups is 1. The molecule has 0 saturated heterocycles. The average molecular weight is 188 g/mol. The van der Waals surface area contributed by atoms with Crippen LogP contribution in [0.25, 0.3) is 0 Å². The van der Waals surface area contributed by atoms with E-state index in [1.54, 1.807) is 0 Å². The lowest BCUT2D eigenvalue weighted by Gasteiger charge is -2.04. The van der Waals surface area contributed by atoms with E-state index in [4.69, 9.17) is 5.73 Å². The Bertz CT molecular complexity index is 337. The van der Waals surface area contributed by atoms with Gasteiger partial charge < -0.3 is 5.73 Å². The molecule has 0 spiro atoms. The highest BCUT2D eigenvalue weighted by molar-refractivity contribution is 5.97. The summed E-state index contributed by atoms with van der Waals surface area (Å²) in [5, 5.41) is 0. The molecular weight excluding hydrogens is 172 g/mol. The Balaban J connectivity index is 2.04. The van der Waals surface area contributed by atoms with Gasteiger partial charge in [0.2, 0.25) is 0 Å². The molecule has 14 heavy (non-hydrogen) atoms. The Hall–Kier alpha value is -1.31. The van der Waals surface area contributed by atoms with Gasteiger partial charge in [0, 0.05) is 12.1 Å². The number of hydrogen-bond donors (Lipinski definition) is 1. The molecule has 0 aromatic heterocycles. The quantitative estimate of drug-likeness (QED) is 0.573. The zero-order chi connectivity index (χ0) is 10.0. The Morgan fingerprint density at radius 3 is 2.57 bits per heavy atom. The molecule has 1 saturated carbocycles. The Kier molecular flexibility index (Phi) is 2.28. The second-order valence-corrected chi connectivity index (χ2v) is 4.38. The number of nitrogens with zero attached hydrogens (tertiary/aromatic N) is 1. The lowest BCUT2D eigenvalue weighted by atomic mass is 10.1. The zero-order valence-corrected chi connectivity index (χ0v) is 8.53. The van der Waals surface area contributed by atoms with E-state index in [0.29, 0.717) is 11.3 Å². The third-order valence-corrected chi connectivity index (χ3v) is 2.80. The molecule has 1 aliphatic rings. The van der Waals surface area contributed by atoms with Crippen molar-refractivity contribution >= 4 is 5.84 Å². The fourth-order valence-electron chi connectivity index (χ4n) is 1.35. The van der Waals surface area contributed by atoms with Crippen LogP contribution in [0.2, 0.25) is 0 Å². The molecule has 2 heteroatoms. The SMILES string of the molecule is CC1(CN=C(N)c2ccccc2)CC1. The molecule has 1 fully saturated rings. The van der Waals surface area contributed by atoms with Crippen LogP contribution < -0.4 is 5.73 Å². The van der Waals surface area contributed by atoms with Crippen LogP contribution in [-0.4, -0.2) is 12.4 Å². The van der Waals surface area contributed by atoms with E-state index in [0.717, 1.165) is 12.1 Å². The van der Waals surface area contributed by atoms with Crippen molar-refractivity contribution in [2.75, 3.05) is 6.54 Å². The van der Waals surface area contributed by atoms with E-state index < -0.39 is 0 Å². The van der Waals surface area contributed by atoms with Gasteiger partial charge in [0.1, 0.15) is 5.84 Å². The predicted molar refractivity (Wildman–Crippen MR) is 59.4 cm³/mol. The second kappa shape index (κ2) is 3.45. The van der Waals surface area contributed by atoms with Crippen molar-refractivity contribution in [1.29, 1.82) is 0 Å². The summed E-state index contributed by atoms with van der Waals surface area (Å²) >= 11 is 0.